The summed E-state index contributed by atoms with van der Waals surface area (Å²) in [6.07, 6.45) is 3.64. The van der Waals surface area contributed by atoms with Gasteiger partial charge in [0.2, 0.25) is 5.91 Å². The van der Waals surface area contributed by atoms with Gasteiger partial charge >= 0.3 is 5.97 Å². The van der Waals surface area contributed by atoms with Gasteiger partial charge in [-0.1, -0.05) is 39.3 Å². The molecule has 0 radical (unpaired) electrons. The predicted molar refractivity (Wildman–Crippen MR) is 137 cm³/mol. The van der Waals surface area contributed by atoms with E-state index in [0.29, 0.717) is 12.0 Å². The zero-order valence-electron chi connectivity index (χ0n) is 22.1. The minimum Gasteiger partial charge on any atom is -0.507 e. The number of aromatic hydroxyl groups is 1. The van der Waals surface area contributed by atoms with Crippen LogP contribution in [0.25, 0.3) is 6.08 Å². The maximum atomic E-state index is 13.8. The summed E-state index contributed by atoms with van der Waals surface area (Å²) in [5, 5.41) is 22.6. The van der Waals surface area contributed by atoms with E-state index in [2.05, 4.69) is 0 Å². The summed E-state index contributed by atoms with van der Waals surface area (Å²) in [6.45, 7) is 5.99. The zero-order valence-corrected chi connectivity index (χ0v) is 22.1. The van der Waals surface area contributed by atoms with Crippen LogP contribution in [-0.2, 0) is 28.7 Å². The lowest BCUT2D eigenvalue weighted by Gasteiger charge is -2.51. The number of carbonyl (C=O) groups excluding carboxylic acids is 6. The SMILES string of the molecule is CCCCOC(=O)C=Cc1ccc2c(c1O)C(=O)C1C(=O)[C@]3(O)C(=O)C(C(N)=O)C(=O)C[C@@H]3C[C@@H]1C2C(C)C. The number of amides is 1. The molecule has 10 nitrogen and oxygen atoms in total. The number of nitrogens with two attached hydrogens (primary N) is 1. The molecule has 0 spiro atoms. The van der Waals surface area contributed by atoms with Crippen molar-refractivity contribution in [2.24, 2.45) is 35.3 Å². The van der Waals surface area contributed by atoms with E-state index >= 15 is 0 Å². The number of fused-ring (bicyclic) bond motifs is 3. The average molecular weight is 540 g/mol. The molecule has 4 N–H and O–H groups in total. The summed E-state index contributed by atoms with van der Waals surface area (Å²) in [5.74, 6) is -11.9. The van der Waals surface area contributed by atoms with E-state index < -0.39 is 75.9 Å². The molecule has 2 fully saturated rings. The van der Waals surface area contributed by atoms with Gasteiger partial charge < -0.3 is 20.7 Å². The van der Waals surface area contributed by atoms with Crippen LogP contribution < -0.4 is 5.73 Å². The maximum Gasteiger partial charge on any atom is 0.330 e. The van der Waals surface area contributed by atoms with Crippen LogP contribution in [0.5, 0.6) is 5.75 Å². The molecule has 0 saturated heterocycles. The van der Waals surface area contributed by atoms with Crippen LogP contribution in [-0.4, -0.2) is 57.4 Å². The fourth-order valence-electron chi connectivity index (χ4n) is 6.56. The quantitative estimate of drug-likeness (QED) is 0.202. The summed E-state index contributed by atoms with van der Waals surface area (Å²) in [4.78, 5) is 77.2. The fourth-order valence-corrected chi connectivity index (χ4v) is 6.56. The number of phenols is 1. The van der Waals surface area contributed by atoms with Crippen LogP contribution in [0.4, 0.5) is 0 Å². The Labute approximate surface area is 225 Å². The Morgan fingerprint density at radius 3 is 2.49 bits per heavy atom. The van der Waals surface area contributed by atoms with E-state index in [0.717, 1.165) is 12.5 Å². The Balaban J connectivity index is 1.77. The lowest BCUT2D eigenvalue weighted by molar-refractivity contribution is -0.176. The molecule has 0 heterocycles. The Morgan fingerprint density at radius 2 is 1.87 bits per heavy atom. The van der Waals surface area contributed by atoms with Crippen molar-refractivity contribution in [2.45, 2.75) is 58.0 Å². The molecule has 208 valence electrons. The third kappa shape index (κ3) is 4.50. The first kappa shape index (κ1) is 28.4. The van der Waals surface area contributed by atoms with E-state index in [4.69, 9.17) is 10.5 Å². The van der Waals surface area contributed by atoms with Gasteiger partial charge in [-0.05, 0) is 42.2 Å². The van der Waals surface area contributed by atoms with Gasteiger partial charge in [-0.2, -0.15) is 0 Å². The number of esters is 1. The van der Waals surface area contributed by atoms with Crippen molar-refractivity contribution in [3.05, 3.63) is 34.9 Å². The van der Waals surface area contributed by atoms with Crippen LogP contribution in [0.2, 0.25) is 0 Å². The lowest BCUT2D eigenvalue weighted by Crippen LogP contribution is -2.68. The minimum atomic E-state index is -2.71. The molecular formula is C29H33NO9. The van der Waals surface area contributed by atoms with Gasteiger partial charge in [-0.3, -0.25) is 24.0 Å². The van der Waals surface area contributed by atoms with Crippen LogP contribution in [0, 0.1) is 29.6 Å². The number of ketones is 4. The van der Waals surface area contributed by atoms with Crippen LogP contribution in [0.15, 0.2) is 18.2 Å². The van der Waals surface area contributed by atoms with E-state index in [9.17, 15) is 39.0 Å². The molecule has 10 heteroatoms. The van der Waals surface area contributed by atoms with Gasteiger partial charge in [0.1, 0.15) is 5.75 Å². The molecule has 1 amide bonds. The van der Waals surface area contributed by atoms with Crippen LogP contribution >= 0.6 is 0 Å². The molecule has 6 atom stereocenters. The molecule has 4 rings (SSSR count). The van der Waals surface area contributed by atoms with Gasteiger partial charge in [0.15, 0.2) is 34.7 Å². The van der Waals surface area contributed by atoms with Crippen molar-refractivity contribution in [1.82, 2.24) is 0 Å². The number of unbranched alkanes of at least 4 members (excludes halogenated alkanes) is 1. The first-order valence-electron chi connectivity index (χ1n) is 13.2. The predicted octanol–water partition coefficient (Wildman–Crippen LogP) is 1.88. The maximum absolute atomic E-state index is 13.8. The third-order valence-electron chi connectivity index (χ3n) is 8.38. The van der Waals surface area contributed by atoms with E-state index in [1.807, 2.05) is 20.8 Å². The van der Waals surface area contributed by atoms with Crippen LogP contribution in [0.3, 0.4) is 0 Å². The molecule has 39 heavy (non-hydrogen) atoms. The molecule has 3 aliphatic rings. The first-order valence-corrected chi connectivity index (χ1v) is 13.2. The Kier molecular flexibility index (Phi) is 7.62. The highest BCUT2D eigenvalue weighted by Gasteiger charge is 2.67. The number of primary amides is 1. The summed E-state index contributed by atoms with van der Waals surface area (Å²) in [7, 11) is 0. The summed E-state index contributed by atoms with van der Waals surface area (Å²) in [6, 6.07) is 3.24. The monoisotopic (exact) mass is 539 g/mol. The number of rotatable bonds is 7. The molecule has 3 aliphatic carbocycles. The molecular weight excluding hydrogens is 506 g/mol. The molecule has 0 aromatic heterocycles. The number of carbonyl (C=O) groups is 6. The standard InChI is InChI=1S/C29H33NO9/c1-4-5-10-39-19(32)9-7-14-6-8-16-20(13(2)3)17-11-15-12-18(31)23(28(30)37)27(36)29(15,38)26(35)22(17)25(34)21(16)24(14)33/h6-9,13,15,17,20,22-23,33,38H,4-5,10-12H2,1-3H3,(H2,30,37)/t15-,17+,20?,22?,23?,29-/m0/s1. The summed E-state index contributed by atoms with van der Waals surface area (Å²) < 4.78 is 5.08. The Hall–Kier alpha value is -3.66. The van der Waals surface area contributed by atoms with Crippen molar-refractivity contribution in [1.29, 1.82) is 0 Å². The van der Waals surface area contributed by atoms with Crippen molar-refractivity contribution >= 4 is 41.1 Å². The average Bonchev–Trinajstić information content (AvgIpc) is 2.85. The highest BCUT2D eigenvalue weighted by Crippen LogP contribution is 2.55. The second-order valence-corrected chi connectivity index (χ2v) is 11.0. The van der Waals surface area contributed by atoms with Gasteiger partial charge in [-0.15, -0.1) is 0 Å². The van der Waals surface area contributed by atoms with Crippen molar-refractivity contribution in [3.8, 4) is 5.75 Å². The first-order chi connectivity index (χ1) is 18.4. The van der Waals surface area contributed by atoms with Gasteiger partial charge in [-0.25, -0.2) is 4.79 Å². The van der Waals surface area contributed by atoms with Crippen molar-refractivity contribution in [2.75, 3.05) is 6.61 Å². The number of phenolic OH excluding ortho intramolecular Hbond substituents is 1. The van der Waals surface area contributed by atoms with E-state index in [1.54, 1.807) is 12.1 Å². The Morgan fingerprint density at radius 1 is 1.18 bits per heavy atom. The number of hydrogen-bond donors (Lipinski definition) is 3. The van der Waals surface area contributed by atoms with Crippen molar-refractivity contribution in [3.63, 3.8) is 0 Å². The number of hydrogen-bond acceptors (Lipinski definition) is 9. The molecule has 0 bridgehead atoms. The lowest BCUT2D eigenvalue weighted by atomic mass is 9.50. The highest BCUT2D eigenvalue weighted by molar-refractivity contribution is 6.31. The summed E-state index contributed by atoms with van der Waals surface area (Å²) >= 11 is 0. The minimum absolute atomic E-state index is 0.0237. The molecule has 2 saturated carbocycles. The summed E-state index contributed by atoms with van der Waals surface area (Å²) in [5.41, 5.74) is 3.08. The molecule has 3 unspecified atom stereocenters. The van der Waals surface area contributed by atoms with Gasteiger partial charge in [0.05, 0.1) is 18.1 Å². The molecule has 0 aliphatic heterocycles. The fraction of sp³-hybridized carbons (Fsp3) is 0.517. The number of benzene rings is 1. The molecule has 1 aromatic rings. The molecule has 1 aromatic carbocycles. The highest BCUT2D eigenvalue weighted by atomic mass is 16.5. The largest absolute Gasteiger partial charge is 0.507 e. The number of aliphatic hydroxyl groups is 1. The number of ether oxygens (including phenoxy) is 1. The second-order valence-electron chi connectivity index (χ2n) is 11.0. The van der Waals surface area contributed by atoms with E-state index in [-0.39, 0.29) is 36.5 Å². The third-order valence-corrected chi connectivity index (χ3v) is 8.38. The Bertz CT molecular complexity index is 1300. The second kappa shape index (κ2) is 10.5. The van der Waals surface area contributed by atoms with Crippen LogP contribution in [0.1, 0.15) is 73.9 Å². The normalized spacial score (nSPS) is 30.2. The van der Waals surface area contributed by atoms with Gasteiger partial charge in [0.25, 0.3) is 0 Å². The smallest absolute Gasteiger partial charge is 0.330 e. The zero-order chi connectivity index (χ0) is 28.8. The van der Waals surface area contributed by atoms with E-state index in [1.165, 1.54) is 6.08 Å². The van der Waals surface area contributed by atoms with Crippen molar-refractivity contribution < 1.29 is 43.7 Å². The topological polar surface area (TPSA) is 178 Å². The van der Waals surface area contributed by atoms with Gasteiger partial charge in [0, 0.05) is 24.0 Å². The number of Topliss-reactive ketones (excluding diaryl/α,β-unsaturated/α-hetero) is 4.